The van der Waals surface area contributed by atoms with Crippen LogP contribution in [0.3, 0.4) is 0 Å². The van der Waals surface area contributed by atoms with Crippen LogP contribution in [0.25, 0.3) is 0 Å². The summed E-state index contributed by atoms with van der Waals surface area (Å²) < 4.78 is 4.57. The summed E-state index contributed by atoms with van der Waals surface area (Å²) in [5.74, 6) is -2.20. The zero-order valence-corrected chi connectivity index (χ0v) is 10.6. The second-order valence-electron chi connectivity index (χ2n) is 4.49. The van der Waals surface area contributed by atoms with E-state index in [-0.39, 0.29) is 18.1 Å². The Kier molecular flexibility index (Phi) is 3.94. The summed E-state index contributed by atoms with van der Waals surface area (Å²) in [6, 6.07) is 8.70. The molecule has 0 spiro atoms. The highest BCUT2D eigenvalue weighted by Gasteiger charge is 2.39. The van der Waals surface area contributed by atoms with Crippen molar-refractivity contribution in [3.05, 3.63) is 35.9 Å². The Morgan fingerprint density at radius 3 is 2.63 bits per heavy atom. The van der Waals surface area contributed by atoms with Crippen molar-refractivity contribution in [1.82, 2.24) is 5.32 Å². The van der Waals surface area contributed by atoms with Gasteiger partial charge in [-0.25, -0.2) is 0 Å². The van der Waals surface area contributed by atoms with E-state index in [4.69, 9.17) is 0 Å². The molecule has 1 amide bonds. The number of rotatable bonds is 3. The van der Waals surface area contributed by atoms with Crippen LogP contribution in [-0.2, 0) is 25.5 Å². The van der Waals surface area contributed by atoms with Gasteiger partial charge in [-0.1, -0.05) is 30.3 Å². The zero-order chi connectivity index (χ0) is 13.8. The Hall–Kier alpha value is -2.17. The molecular formula is C14H15NO4. The van der Waals surface area contributed by atoms with Crippen molar-refractivity contribution in [2.24, 2.45) is 5.92 Å². The third kappa shape index (κ3) is 2.99. The number of hydrogen-bond donors (Lipinski definition) is 1. The van der Waals surface area contributed by atoms with Gasteiger partial charge in [0.25, 0.3) is 0 Å². The number of ether oxygens (including phenoxy) is 1. The minimum Gasteiger partial charge on any atom is -0.468 e. The van der Waals surface area contributed by atoms with Crippen molar-refractivity contribution in [1.29, 1.82) is 0 Å². The van der Waals surface area contributed by atoms with E-state index in [1.807, 2.05) is 30.3 Å². The van der Waals surface area contributed by atoms with E-state index in [2.05, 4.69) is 10.1 Å². The molecule has 1 fully saturated rings. The van der Waals surface area contributed by atoms with Gasteiger partial charge in [0.1, 0.15) is 5.92 Å². The minimum atomic E-state index is -0.979. The highest BCUT2D eigenvalue weighted by molar-refractivity contribution is 6.08. The topological polar surface area (TPSA) is 72.5 Å². The molecule has 1 heterocycles. The van der Waals surface area contributed by atoms with Gasteiger partial charge in [-0.15, -0.1) is 0 Å². The Morgan fingerprint density at radius 1 is 1.32 bits per heavy atom. The molecule has 5 heteroatoms. The highest BCUT2D eigenvalue weighted by atomic mass is 16.5. The van der Waals surface area contributed by atoms with Gasteiger partial charge < -0.3 is 10.1 Å². The number of carbonyl (C=O) groups is 3. The fourth-order valence-electron chi connectivity index (χ4n) is 2.20. The first-order chi connectivity index (χ1) is 9.11. The predicted octanol–water partition coefficient (Wildman–Crippen LogP) is 0.476. The van der Waals surface area contributed by atoms with Crippen molar-refractivity contribution < 1.29 is 19.1 Å². The number of carbonyl (C=O) groups excluding carboxylic acids is 3. The fraction of sp³-hybridized carbons (Fsp3) is 0.357. The van der Waals surface area contributed by atoms with E-state index >= 15 is 0 Å². The van der Waals surface area contributed by atoms with E-state index in [9.17, 15) is 14.4 Å². The van der Waals surface area contributed by atoms with E-state index < -0.39 is 17.9 Å². The predicted molar refractivity (Wildman–Crippen MR) is 67.2 cm³/mol. The van der Waals surface area contributed by atoms with Crippen LogP contribution in [0.5, 0.6) is 0 Å². The number of methoxy groups -OCH3 is 1. The van der Waals surface area contributed by atoms with Gasteiger partial charge in [-0.3, -0.25) is 14.4 Å². The number of esters is 1. The minimum absolute atomic E-state index is 0.128. The van der Waals surface area contributed by atoms with Crippen molar-refractivity contribution in [3.8, 4) is 0 Å². The molecule has 19 heavy (non-hydrogen) atoms. The maximum Gasteiger partial charge on any atom is 0.316 e. The maximum atomic E-state index is 12.2. The molecule has 1 aromatic carbocycles. The maximum absolute atomic E-state index is 12.2. The van der Waals surface area contributed by atoms with E-state index in [1.54, 1.807) is 0 Å². The van der Waals surface area contributed by atoms with Crippen LogP contribution in [-0.4, -0.2) is 30.8 Å². The van der Waals surface area contributed by atoms with Gasteiger partial charge in [0.15, 0.2) is 5.78 Å². The number of nitrogens with one attached hydrogen (secondary N) is 1. The fourth-order valence-corrected chi connectivity index (χ4v) is 2.20. The number of amides is 1. The molecule has 0 radical (unpaired) electrons. The lowest BCUT2D eigenvalue weighted by Crippen LogP contribution is -2.53. The summed E-state index contributed by atoms with van der Waals surface area (Å²) in [6.07, 6.45) is 0.260. The second kappa shape index (κ2) is 5.65. The standard InChI is InChI=1S/C14H15NO4/c1-19-14(18)10-8-12(16)15-11(13(10)17)7-9-5-3-2-4-6-9/h2-6,10-11H,7-8H2,1H3,(H,15,16). The molecule has 0 aromatic heterocycles. The smallest absolute Gasteiger partial charge is 0.316 e. The number of hydrogen-bond acceptors (Lipinski definition) is 4. The summed E-state index contributed by atoms with van der Waals surface area (Å²) in [4.78, 5) is 35.2. The SMILES string of the molecule is COC(=O)C1CC(=O)NC(Cc2ccccc2)C1=O. The Balaban J connectivity index is 2.14. The van der Waals surface area contributed by atoms with Crippen LogP contribution in [0.1, 0.15) is 12.0 Å². The lowest BCUT2D eigenvalue weighted by atomic mass is 9.87. The Labute approximate surface area is 110 Å². The number of benzene rings is 1. The average Bonchev–Trinajstić information content (AvgIpc) is 2.42. The molecule has 2 atom stereocenters. The molecule has 2 unspecified atom stereocenters. The van der Waals surface area contributed by atoms with E-state index in [0.717, 1.165) is 5.56 Å². The highest BCUT2D eigenvalue weighted by Crippen LogP contribution is 2.17. The van der Waals surface area contributed by atoms with Crippen LogP contribution in [0.4, 0.5) is 0 Å². The Morgan fingerprint density at radius 2 is 2.00 bits per heavy atom. The average molecular weight is 261 g/mol. The zero-order valence-electron chi connectivity index (χ0n) is 10.6. The summed E-state index contributed by atoms with van der Waals surface area (Å²) in [7, 11) is 1.22. The van der Waals surface area contributed by atoms with Crippen molar-refractivity contribution in [3.63, 3.8) is 0 Å². The van der Waals surface area contributed by atoms with Gasteiger partial charge in [0, 0.05) is 6.42 Å². The molecule has 5 nitrogen and oxygen atoms in total. The number of Topliss-reactive ketones (excluding diaryl/α,β-unsaturated/α-hetero) is 1. The first-order valence-electron chi connectivity index (χ1n) is 6.06. The monoisotopic (exact) mass is 261 g/mol. The molecule has 1 aromatic rings. The van der Waals surface area contributed by atoms with Crippen molar-refractivity contribution >= 4 is 17.7 Å². The van der Waals surface area contributed by atoms with Crippen molar-refractivity contribution in [2.75, 3.05) is 7.11 Å². The van der Waals surface area contributed by atoms with Crippen molar-refractivity contribution in [2.45, 2.75) is 18.9 Å². The quantitative estimate of drug-likeness (QED) is 0.634. The lowest BCUT2D eigenvalue weighted by molar-refractivity contribution is -0.154. The number of ketones is 1. The van der Waals surface area contributed by atoms with E-state index in [0.29, 0.717) is 6.42 Å². The van der Waals surface area contributed by atoms with Gasteiger partial charge in [0.05, 0.1) is 13.2 Å². The molecule has 1 aliphatic heterocycles. The third-order valence-electron chi connectivity index (χ3n) is 3.18. The first kappa shape index (κ1) is 13.3. The molecule has 0 bridgehead atoms. The normalized spacial score (nSPS) is 22.8. The molecule has 1 saturated heterocycles. The third-order valence-corrected chi connectivity index (χ3v) is 3.18. The lowest BCUT2D eigenvalue weighted by Gasteiger charge is -2.27. The van der Waals surface area contributed by atoms with Crippen LogP contribution in [0, 0.1) is 5.92 Å². The van der Waals surface area contributed by atoms with Gasteiger partial charge >= 0.3 is 5.97 Å². The number of piperidine rings is 1. The first-order valence-corrected chi connectivity index (χ1v) is 6.06. The van der Waals surface area contributed by atoms with Gasteiger partial charge in [-0.05, 0) is 12.0 Å². The molecule has 1 aliphatic rings. The van der Waals surface area contributed by atoms with Crippen LogP contribution < -0.4 is 5.32 Å². The largest absolute Gasteiger partial charge is 0.468 e. The van der Waals surface area contributed by atoms with Gasteiger partial charge in [0.2, 0.25) is 5.91 Å². The van der Waals surface area contributed by atoms with Gasteiger partial charge in [-0.2, -0.15) is 0 Å². The Bertz CT molecular complexity index is 497. The summed E-state index contributed by atoms with van der Waals surface area (Å²) in [5, 5.41) is 2.63. The second-order valence-corrected chi connectivity index (χ2v) is 4.49. The summed E-state index contributed by atoms with van der Waals surface area (Å²) >= 11 is 0. The van der Waals surface area contributed by atoms with Crippen LogP contribution in [0.2, 0.25) is 0 Å². The summed E-state index contributed by atoms with van der Waals surface area (Å²) in [5.41, 5.74) is 0.937. The molecule has 100 valence electrons. The molecular weight excluding hydrogens is 246 g/mol. The molecule has 0 aliphatic carbocycles. The molecule has 2 rings (SSSR count). The van der Waals surface area contributed by atoms with E-state index in [1.165, 1.54) is 7.11 Å². The van der Waals surface area contributed by atoms with Crippen LogP contribution in [0.15, 0.2) is 30.3 Å². The van der Waals surface area contributed by atoms with Crippen LogP contribution >= 0.6 is 0 Å². The summed E-state index contributed by atoms with van der Waals surface area (Å²) in [6.45, 7) is 0. The molecule has 1 N–H and O–H groups in total. The molecule has 0 saturated carbocycles.